The molecule has 0 heterocycles. The Morgan fingerprint density at radius 2 is 0.674 bits per heavy atom. The molecule has 16 heteroatoms. The zero-order valence-corrected chi connectivity index (χ0v) is 39.3. The van der Waals surface area contributed by atoms with Crippen molar-refractivity contribution in [2.45, 2.75) is 156 Å². The van der Waals surface area contributed by atoms with Gasteiger partial charge in [0, 0.05) is 18.2 Å². The van der Waals surface area contributed by atoms with Crippen LogP contribution >= 0.6 is 0 Å². The number of nitrogens with two attached hydrogens (primary N) is 1. The first kappa shape index (κ1) is 43.7. The number of hydrogen-bond acceptors (Lipinski definition) is 7. The maximum Gasteiger partial charge on any atom is 0.469 e. The summed E-state index contributed by atoms with van der Waals surface area (Å²) in [5.41, 5.74) is 6.74. The van der Waals surface area contributed by atoms with Gasteiger partial charge in [0.25, 0.3) is 0 Å². The van der Waals surface area contributed by atoms with Gasteiger partial charge in [0.05, 0.1) is 0 Å². The summed E-state index contributed by atoms with van der Waals surface area (Å²) in [5, 5.41) is 0. The number of carbonyl (C=O) groups is 1. The normalized spacial score (nSPS) is 14.7. The predicted molar refractivity (Wildman–Crippen MR) is 203 cm³/mol. The number of allylic oxidation sites excluding steroid dienone is 1. The molecule has 43 heavy (non-hydrogen) atoms. The first-order valence-electron chi connectivity index (χ1n) is 15.9. The third kappa shape index (κ3) is 23.6. The number of carbonyl (C=O) groups excluding carboxylic acids is 1. The van der Waals surface area contributed by atoms with Gasteiger partial charge in [-0.2, -0.15) is 0 Å². The third-order valence-corrected chi connectivity index (χ3v) is 29.2. The zero-order chi connectivity index (χ0) is 34.3. The standard InChI is InChI=1S/C27H69NO7Si8/c1-36(2,3)30-42(31-37(4,5)6,32-38(7,8)9)23-19-21-26(25-27(28)29)22-20-24-43(33-39(10,11)12,34-40(13,14)15)35-41(16,17)18/h25H,19-24H2,1-18H3,(H2,28,29). The van der Waals surface area contributed by atoms with E-state index in [4.69, 9.17) is 30.4 Å². The molecule has 0 saturated heterocycles. The van der Waals surface area contributed by atoms with Gasteiger partial charge >= 0.3 is 17.6 Å². The van der Waals surface area contributed by atoms with Crippen molar-refractivity contribution in [3.63, 3.8) is 0 Å². The van der Waals surface area contributed by atoms with E-state index in [1.165, 1.54) is 0 Å². The average molecular weight is 745 g/mol. The van der Waals surface area contributed by atoms with Gasteiger partial charge < -0.3 is 30.4 Å². The molecular formula is C27H69NO7Si8. The molecule has 0 aliphatic carbocycles. The van der Waals surface area contributed by atoms with Crippen molar-refractivity contribution < 1.29 is 29.5 Å². The van der Waals surface area contributed by atoms with Crippen molar-refractivity contribution >= 4 is 73.4 Å². The summed E-state index contributed by atoms with van der Waals surface area (Å²) in [5.74, 6) is -0.410. The van der Waals surface area contributed by atoms with E-state index in [2.05, 4.69) is 118 Å². The van der Waals surface area contributed by atoms with Gasteiger partial charge in [-0.05, 0) is 144 Å². The van der Waals surface area contributed by atoms with E-state index >= 15 is 0 Å². The van der Waals surface area contributed by atoms with Crippen LogP contribution in [-0.2, 0) is 29.5 Å². The minimum atomic E-state index is -2.95. The fraction of sp³-hybridized carbons (Fsp3) is 0.889. The van der Waals surface area contributed by atoms with Crippen LogP contribution in [0.3, 0.4) is 0 Å². The van der Waals surface area contributed by atoms with Crippen LogP contribution in [0.2, 0.25) is 130 Å². The minimum absolute atomic E-state index is 0.410. The second-order valence-corrected chi connectivity index (χ2v) is 51.5. The highest BCUT2D eigenvalue weighted by Crippen LogP contribution is 2.34. The Hall–Kier alpha value is 0.705. The van der Waals surface area contributed by atoms with Crippen molar-refractivity contribution in [2.24, 2.45) is 5.73 Å². The molecule has 0 radical (unpaired) electrons. The van der Waals surface area contributed by atoms with Gasteiger partial charge in [0.1, 0.15) is 0 Å². The number of hydrogen-bond donors (Lipinski definition) is 1. The number of rotatable bonds is 21. The number of primary amides is 1. The molecule has 0 aromatic carbocycles. The van der Waals surface area contributed by atoms with Gasteiger partial charge in [-0.3, -0.25) is 4.79 Å². The molecule has 0 aromatic heterocycles. The fourth-order valence-corrected chi connectivity index (χ4v) is 34.1. The second-order valence-electron chi connectivity index (χ2n) is 17.6. The molecule has 0 fully saturated rings. The average Bonchev–Trinajstić information content (AvgIpc) is 2.57. The van der Waals surface area contributed by atoms with Crippen LogP contribution in [0.1, 0.15) is 25.7 Å². The monoisotopic (exact) mass is 743 g/mol. The van der Waals surface area contributed by atoms with Gasteiger partial charge in [-0.15, -0.1) is 0 Å². The third-order valence-electron chi connectivity index (χ3n) is 5.08. The smallest absolute Gasteiger partial charge is 0.417 e. The van der Waals surface area contributed by atoms with E-state index in [1.54, 1.807) is 6.08 Å². The lowest BCUT2D eigenvalue weighted by atomic mass is 10.1. The lowest BCUT2D eigenvalue weighted by molar-refractivity contribution is -0.113. The van der Waals surface area contributed by atoms with Crippen LogP contribution in [0, 0.1) is 0 Å². The van der Waals surface area contributed by atoms with Crippen LogP contribution < -0.4 is 5.73 Å². The molecule has 0 unspecified atom stereocenters. The van der Waals surface area contributed by atoms with Crippen molar-refractivity contribution in [3.05, 3.63) is 11.6 Å². The minimum Gasteiger partial charge on any atom is -0.417 e. The van der Waals surface area contributed by atoms with Gasteiger partial charge in [-0.1, -0.05) is 5.57 Å². The molecular weight excluding hydrogens is 675 g/mol. The summed E-state index contributed by atoms with van der Waals surface area (Å²) in [7, 11) is -17.6. The summed E-state index contributed by atoms with van der Waals surface area (Å²) >= 11 is 0. The molecule has 0 aliphatic heterocycles. The quantitative estimate of drug-likeness (QED) is 0.0926. The first-order valence-corrected chi connectivity index (χ1v) is 40.2. The summed E-state index contributed by atoms with van der Waals surface area (Å²) in [6.45, 7) is 39.7. The maximum atomic E-state index is 12.1. The van der Waals surface area contributed by atoms with E-state index in [1.807, 2.05) is 0 Å². The van der Waals surface area contributed by atoms with Crippen LogP contribution in [0.4, 0.5) is 0 Å². The number of amides is 1. The van der Waals surface area contributed by atoms with Crippen LogP contribution in [0.15, 0.2) is 11.6 Å². The molecule has 0 rings (SSSR count). The summed E-state index contributed by atoms with van der Waals surface area (Å²) in [4.78, 5) is 12.1. The molecule has 0 saturated carbocycles. The van der Waals surface area contributed by atoms with Gasteiger partial charge in [0.2, 0.25) is 5.91 Å². The Kier molecular flexibility index (Phi) is 16.5. The molecule has 0 aromatic rings. The van der Waals surface area contributed by atoms with Crippen LogP contribution in [0.25, 0.3) is 0 Å². The molecule has 1 amide bonds. The zero-order valence-electron chi connectivity index (χ0n) is 31.3. The second kappa shape index (κ2) is 16.2. The lowest BCUT2D eigenvalue weighted by Gasteiger charge is -2.43. The predicted octanol–water partition coefficient (Wildman–Crippen LogP) is 8.95. The Labute approximate surface area is 274 Å². The molecule has 0 spiro atoms. The fourth-order valence-electron chi connectivity index (χ4n) is 4.76. The molecule has 2 N–H and O–H groups in total. The van der Waals surface area contributed by atoms with E-state index in [0.717, 1.165) is 43.3 Å². The molecule has 256 valence electrons. The lowest BCUT2D eigenvalue weighted by Crippen LogP contribution is -2.60. The van der Waals surface area contributed by atoms with E-state index in [-0.39, 0.29) is 0 Å². The SMILES string of the molecule is C[Si](C)(C)O[Si](CCCC(=CC(N)=O)CCC[Si](O[Si](C)(C)C)(O[Si](C)(C)C)O[Si](C)(C)C)(O[Si](C)(C)C)O[Si](C)(C)C. The van der Waals surface area contributed by atoms with E-state index in [0.29, 0.717) is 0 Å². The summed E-state index contributed by atoms with van der Waals surface area (Å²) in [6.07, 6.45) is 4.72. The highest BCUT2D eigenvalue weighted by molar-refractivity contribution is 6.91. The topological polar surface area (TPSA) is 98.5 Å². The Morgan fingerprint density at radius 3 is 0.837 bits per heavy atom. The Bertz CT molecular complexity index is 764. The van der Waals surface area contributed by atoms with E-state index < -0.39 is 73.4 Å². The van der Waals surface area contributed by atoms with Gasteiger partial charge in [-0.25, -0.2) is 0 Å². The Morgan fingerprint density at radius 1 is 0.465 bits per heavy atom. The van der Waals surface area contributed by atoms with Crippen molar-refractivity contribution in [1.29, 1.82) is 0 Å². The largest absolute Gasteiger partial charge is 0.469 e. The summed E-state index contributed by atoms with van der Waals surface area (Å²) < 4.78 is 41.2. The van der Waals surface area contributed by atoms with Gasteiger partial charge in [0.15, 0.2) is 49.9 Å². The van der Waals surface area contributed by atoms with Crippen molar-refractivity contribution in [2.75, 3.05) is 0 Å². The highest BCUT2D eigenvalue weighted by atomic mass is 28.5. The molecule has 0 aliphatic rings. The Balaban J connectivity index is 6.11. The van der Waals surface area contributed by atoms with Crippen molar-refractivity contribution in [3.8, 4) is 0 Å². The summed E-state index contributed by atoms with van der Waals surface area (Å²) in [6, 6.07) is 1.47. The molecule has 0 atom stereocenters. The van der Waals surface area contributed by atoms with E-state index in [9.17, 15) is 4.79 Å². The first-order chi connectivity index (χ1) is 18.7. The molecule has 0 bridgehead atoms. The van der Waals surface area contributed by atoms with Crippen LogP contribution in [0.5, 0.6) is 0 Å². The highest BCUT2D eigenvalue weighted by Gasteiger charge is 2.51. The molecule has 8 nitrogen and oxygen atoms in total. The maximum absolute atomic E-state index is 12.1. The van der Waals surface area contributed by atoms with Crippen molar-refractivity contribution in [1.82, 2.24) is 0 Å². The van der Waals surface area contributed by atoms with Crippen LogP contribution in [-0.4, -0.2) is 73.4 Å².